The molecule has 4 aromatic rings. The highest BCUT2D eigenvalue weighted by Crippen LogP contribution is 2.30. The number of sulfonamides is 1. The number of hydrogen-bond acceptors (Lipinski definition) is 8. The summed E-state index contributed by atoms with van der Waals surface area (Å²) >= 11 is 0. The van der Waals surface area contributed by atoms with Gasteiger partial charge in [-0.3, -0.25) is 4.72 Å². The van der Waals surface area contributed by atoms with Crippen molar-refractivity contribution < 1.29 is 17.9 Å². The van der Waals surface area contributed by atoms with Crippen molar-refractivity contribution in [2.45, 2.75) is 25.7 Å². The summed E-state index contributed by atoms with van der Waals surface area (Å²) in [6.07, 6.45) is 0. The van der Waals surface area contributed by atoms with Gasteiger partial charge in [0.1, 0.15) is 0 Å². The summed E-state index contributed by atoms with van der Waals surface area (Å²) in [5.74, 6) is 1.95. The second kappa shape index (κ2) is 9.63. The van der Waals surface area contributed by atoms with Crippen LogP contribution >= 0.6 is 0 Å². The standard InChI is InChI=1S/C24H26N6O4S/c1-15-16(2)28-30(17(15)3)24-13-12-23(26-27-24)25-18-6-8-19(9-7-18)29-35(31,32)20-10-11-21(33-4)22(14-20)34-5/h6-14,29H,1-5H3,(H,25,26). The summed E-state index contributed by atoms with van der Waals surface area (Å²) in [5.41, 5.74) is 4.22. The lowest BCUT2D eigenvalue weighted by Gasteiger charge is -2.12. The van der Waals surface area contributed by atoms with Crippen molar-refractivity contribution >= 4 is 27.2 Å². The van der Waals surface area contributed by atoms with Crippen LogP contribution < -0.4 is 19.5 Å². The van der Waals surface area contributed by atoms with Crippen LogP contribution in [0.4, 0.5) is 17.2 Å². The molecule has 2 aromatic carbocycles. The van der Waals surface area contributed by atoms with E-state index < -0.39 is 10.0 Å². The van der Waals surface area contributed by atoms with Crippen molar-refractivity contribution in [3.05, 3.63) is 71.5 Å². The van der Waals surface area contributed by atoms with E-state index in [9.17, 15) is 8.42 Å². The fraction of sp³-hybridized carbons (Fsp3) is 0.208. The Balaban J connectivity index is 1.45. The summed E-state index contributed by atoms with van der Waals surface area (Å²) < 4.78 is 40.3. The van der Waals surface area contributed by atoms with Gasteiger partial charge in [-0.05, 0) is 74.9 Å². The highest BCUT2D eigenvalue weighted by Gasteiger charge is 2.17. The highest BCUT2D eigenvalue weighted by atomic mass is 32.2. The van der Waals surface area contributed by atoms with E-state index in [1.54, 1.807) is 35.0 Å². The molecule has 4 rings (SSSR count). The Morgan fingerprint density at radius 3 is 2.09 bits per heavy atom. The summed E-state index contributed by atoms with van der Waals surface area (Å²) in [6.45, 7) is 5.97. The zero-order valence-electron chi connectivity index (χ0n) is 20.0. The van der Waals surface area contributed by atoms with Crippen LogP contribution in [0, 0.1) is 20.8 Å². The first-order chi connectivity index (χ1) is 16.7. The third kappa shape index (κ3) is 5.04. The van der Waals surface area contributed by atoms with E-state index in [1.807, 2.05) is 32.9 Å². The normalized spacial score (nSPS) is 11.2. The molecule has 0 saturated carbocycles. The molecule has 0 unspecified atom stereocenters. The third-order valence-electron chi connectivity index (χ3n) is 5.60. The minimum Gasteiger partial charge on any atom is -0.493 e. The van der Waals surface area contributed by atoms with Gasteiger partial charge in [0.25, 0.3) is 10.0 Å². The molecular weight excluding hydrogens is 468 g/mol. The number of anilines is 3. The molecule has 0 spiro atoms. The maximum absolute atomic E-state index is 12.8. The fourth-order valence-electron chi connectivity index (χ4n) is 3.42. The Morgan fingerprint density at radius 1 is 0.829 bits per heavy atom. The first-order valence-electron chi connectivity index (χ1n) is 10.7. The van der Waals surface area contributed by atoms with E-state index >= 15 is 0 Å². The van der Waals surface area contributed by atoms with Gasteiger partial charge in [0.2, 0.25) is 0 Å². The minimum atomic E-state index is -3.82. The average molecular weight is 495 g/mol. The molecule has 0 amide bonds. The molecule has 0 bridgehead atoms. The second-order valence-electron chi connectivity index (χ2n) is 7.81. The molecule has 182 valence electrons. The largest absolute Gasteiger partial charge is 0.493 e. The lowest BCUT2D eigenvalue weighted by molar-refractivity contribution is 0.354. The molecule has 10 nitrogen and oxygen atoms in total. The molecule has 0 radical (unpaired) electrons. The average Bonchev–Trinajstić information content (AvgIpc) is 3.12. The molecule has 2 N–H and O–H groups in total. The summed E-state index contributed by atoms with van der Waals surface area (Å²) in [4.78, 5) is 0.0607. The Labute approximate surface area is 204 Å². The van der Waals surface area contributed by atoms with Gasteiger partial charge in [-0.1, -0.05) is 0 Å². The van der Waals surface area contributed by atoms with E-state index in [-0.39, 0.29) is 4.90 Å². The molecule has 0 aliphatic heterocycles. The van der Waals surface area contributed by atoms with Crippen LogP contribution in [-0.4, -0.2) is 42.6 Å². The van der Waals surface area contributed by atoms with Gasteiger partial charge in [0.05, 0.1) is 24.8 Å². The third-order valence-corrected chi connectivity index (χ3v) is 6.97. The Kier molecular flexibility index (Phi) is 6.61. The van der Waals surface area contributed by atoms with E-state index in [0.29, 0.717) is 28.8 Å². The lowest BCUT2D eigenvalue weighted by Crippen LogP contribution is -2.13. The van der Waals surface area contributed by atoms with Gasteiger partial charge < -0.3 is 14.8 Å². The van der Waals surface area contributed by atoms with Crippen LogP contribution in [-0.2, 0) is 10.0 Å². The molecule has 0 aliphatic rings. The molecule has 35 heavy (non-hydrogen) atoms. The van der Waals surface area contributed by atoms with Crippen molar-refractivity contribution in [3.8, 4) is 17.3 Å². The maximum Gasteiger partial charge on any atom is 0.262 e. The first kappa shape index (κ1) is 24.0. The molecule has 0 fully saturated rings. The number of methoxy groups -OCH3 is 2. The number of aryl methyl sites for hydroxylation is 1. The van der Waals surface area contributed by atoms with Crippen molar-refractivity contribution in [2.75, 3.05) is 24.3 Å². The monoisotopic (exact) mass is 494 g/mol. The van der Waals surface area contributed by atoms with Gasteiger partial charge in [-0.15, -0.1) is 10.2 Å². The van der Waals surface area contributed by atoms with Crippen LogP contribution in [0.1, 0.15) is 17.0 Å². The van der Waals surface area contributed by atoms with Crippen LogP contribution in [0.5, 0.6) is 11.5 Å². The second-order valence-corrected chi connectivity index (χ2v) is 9.49. The first-order valence-corrected chi connectivity index (χ1v) is 12.2. The van der Waals surface area contributed by atoms with Crippen LogP contribution in [0.25, 0.3) is 5.82 Å². The van der Waals surface area contributed by atoms with Crippen LogP contribution in [0.15, 0.2) is 59.5 Å². The Morgan fingerprint density at radius 2 is 1.51 bits per heavy atom. The molecule has 0 atom stereocenters. The molecule has 0 aliphatic carbocycles. The summed E-state index contributed by atoms with van der Waals surface area (Å²) in [7, 11) is -0.877. The smallest absolute Gasteiger partial charge is 0.262 e. The van der Waals surface area contributed by atoms with Gasteiger partial charge in [-0.25, -0.2) is 13.1 Å². The molecule has 2 heterocycles. The van der Waals surface area contributed by atoms with E-state index in [2.05, 4.69) is 25.3 Å². The predicted octanol–water partition coefficient (Wildman–Crippen LogP) is 4.15. The number of ether oxygens (including phenoxy) is 2. The van der Waals surface area contributed by atoms with Crippen molar-refractivity contribution in [1.29, 1.82) is 0 Å². The number of benzene rings is 2. The summed E-state index contributed by atoms with van der Waals surface area (Å²) in [5, 5.41) is 16.1. The van der Waals surface area contributed by atoms with Crippen molar-refractivity contribution in [2.24, 2.45) is 0 Å². The van der Waals surface area contributed by atoms with Crippen molar-refractivity contribution in [1.82, 2.24) is 20.0 Å². The molecule has 0 saturated heterocycles. The SMILES string of the molecule is COc1ccc(S(=O)(=O)Nc2ccc(Nc3ccc(-n4nc(C)c(C)c4C)nn3)cc2)cc1OC. The maximum atomic E-state index is 12.8. The zero-order valence-corrected chi connectivity index (χ0v) is 20.8. The number of aromatic nitrogens is 4. The Bertz CT molecular complexity index is 1450. The predicted molar refractivity (Wildman–Crippen MR) is 133 cm³/mol. The van der Waals surface area contributed by atoms with E-state index in [4.69, 9.17) is 9.47 Å². The highest BCUT2D eigenvalue weighted by molar-refractivity contribution is 7.92. The minimum absolute atomic E-state index is 0.0607. The van der Waals surface area contributed by atoms with Crippen molar-refractivity contribution in [3.63, 3.8) is 0 Å². The summed E-state index contributed by atoms with van der Waals surface area (Å²) in [6, 6.07) is 14.8. The zero-order chi connectivity index (χ0) is 25.2. The number of rotatable bonds is 8. The van der Waals surface area contributed by atoms with Crippen LogP contribution in [0.3, 0.4) is 0 Å². The van der Waals surface area contributed by atoms with Gasteiger partial charge >= 0.3 is 0 Å². The Hall–Kier alpha value is -4.12. The number of nitrogens with zero attached hydrogens (tertiary/aromatic N) is 4. The molecule has 2 aromatic heterocycles. The quantitative estimate of drug-likeness (QED) is 0.375. The van der Waals surface area contributed by atoms with Gasteiger partial charge in [0.15, 0.2) is 23.1 Å². The molecular formula is C24H26N6O4S. The molecule has 11 heteroatoms. The van der Waals surface area contributed by atoms with E-state index in [1.165, 1.54) is 26.4 Å². The fourth-order valence-corrected chi connectivity index (χ4v) is 4.49. The van der Waals surface area contributed by atoms with Gasteiger partial charge in [0, 0.05) is 23.1 Å². The van der Waals surface area contributed by atoms with Crippen LogP contribution in [0.2, 0.25) is 0 Å². The number of nitrogens with one attached hydrogen (secondary N) is 2. The lowest BCUT2D eigenvalue weighted by atomic mass is 10.2. The van der Waals surface area contributed by atoms with E-state index in [0.717, 1.165) is 22.6 Å². The topological polar surface area (TPSA) is 120 Å². The number of hydrogen-bond donors (Lipinski definition) is 2. The van der Waals surface area contributed by atoms with Gasteiger partial charge in [-0.2, -0.15) is 5.10 Å².